The van der Waals surface area contributed by atoms with Gasteiger partial charge in [-0.05, 0) is 73.9 Å². The number of benzene rings is 2. The number of nitrogens with two attached hydrogens (primary N) is 1. The van der Waals surface area contributed by atoms with Crippen LogP contribution in [-0.2, 0) is 0 Å². The lowest BCUT2D eigenvalue weighted by molar-refractivity contribution is 0.0695. The maximum Gasteiger partial charge on any atom is 0.335 e. The molecule has 4 N–H and O–H groups in total. The van der Waals surface area contributed by atoms with Crippen molar-refractivity contribution in [2.24, 2.45) is 11.7 Å². The van der Waals surface area contributed by atoms with Gasteiger partial charge in [0.15, 0.2) is 0 Å². The summed E-state index contributed by atoms with van der Waals surface area (Å²) in [6.45, 7) is 6.32. The summed E-state index contributed by atoms with van der Waals surface area (Å²) in [4.78, 5) is 21.7. The van der Waals surface area contributed by atoms with Crippen LogP contribution in [0.25, 0.3) is 11.3 Å². The molecule has 2 aromatic carbocycles. The summed E-state index contributed by atoms with van der Waals surface area (Å²) in [5.74, 6) is 0.585. The molecule has 1 aromatic heterocycles. The fourth-order valence-electron chi connectivity index (χ4n) is 5.06. The molecule has 4 rings (SSSR count). The molecule has 0 bridgehead atoms. The summed E-state index contributed by atoms with van der Waals surface area (Å²) >= 11 is 1.28. The maximum absolute atomic E-state index is 11.5. The van der Waals surface area contributed by atoms with Crippen molar-refractivity contribution in [2.75, 3.05) is 11.3 Å². The number of rotatable bonds is 10. The Bertz CT molecular complexity index is 1220. The van der Waals surface area contributed by atoms with Crippen LogP contribution in [0.5, 0.6) is 5.88 Å². The molecular weight excluding hydrogens is 484 g/mol. The quantitative estimate of drug-likeness (QED) is 0.258. The first-order chi connectivity index (χ1) is 17.8. The molecule has 0 saturated heterocycles. The predicted octanol–water partition coefficient (Wildman–Crippen LogP) is 6.56. The Morgan fingerprint density at radius 2 is 1.81 bits per heavy atom. The van der Waals surface area contributed by atoms with Crippen molar-refractivity contribution in [3.63, 3.8) is 0 Å². The maximum atomic E-state index is 11.5. The average molecular weight is 521 g/mol. The number of aryl methyl sites for hydroxylation is 2. The van der Waals surface area contributed by atoms with Gasteiger partial charge in [0, 0.05) is 22.6 Å². The highest BCUT2D eigenvalue weighted by Gasteiger charge is 2.18. The van der Waals surface area contributed by atoms with Crippen molar-refractivity contribution < 1.29 is 14.6 Å². The third kappa shape index (κ3) is 7.02. The van der Waals surface area contributed by atoms with Gasteiger partial charge in [-0.2, -0.15) is 4.98 Å². The molecule has 3 aromatic rings. The molecule has 37 heavy (non-hydrogen) atoms. The fourth-order valence-corrected chi connectivity index (χ4v) is 5.76. The molecule has 0 spiro atoms. The number of carboxylic acid groups (broad SMARTS) is 1. The molecule has 0 unspecified atom stereocenters. The van der Waals surface area contributed by atoms with E-state index in [2.05, 4.69) is 35.7 Å². The molecule has 1 fully saturated rings. The number of carboxylic acids is 1. The van der Waals surface area contributed by atoms with Crippen molar-refractivity contribution in [1.29, 1.82) is 0 Å². The molecule has 1 aliphatic rings. The third-order valence-electron chi connectivity index (χ3n) is 7.01. The second-order valence-electron chi connectivity index (χ2n) is 9.93. The van der Waals surface area contributed by atoms with Gasteiger partial charge in [-0.3, -0.25) is 4.72 Å². The highest BCUT2D eigenvalue weighted by atomic mass is 32.2. The van der Waals surface area contributed by atoms with Crippen LogP contribution in [0, 0.1) is 26.7 Å². The number of anilines is 1. The van der Waals surface area contributed by atoms with E-state index >= 15 is 0 Å². The minimum atomic E-state index is -0.950. The van der Waals surface area contributed by atoms with E-state index in [0.29, 0.717) is 29.9 Å². The Morgan fingerprint density at radius 1 is 1.11 bits per heavy atom. The van der Waals surface area contributed by atoms with Gasteiger partial charge in [-0.25, -0.2) is 9.78 Å². The molecule has 0 amide bonds. The number of nitrogens with zero attached hydrogens (tertiary/aromatic N) is 2. The summed E-state index contributed by atoms with van der Waals surface area (Å²) in [6, 6.07) is 13.2. The molecule has 0 radical (unpaired) electrons. The van der Waals surface area contributed by atoms with Crippen molar-refractivity contribution in [3.8, 4) is 17.1 Å². The van der Waals surface area contributed by atoms with Crippen molar-refractivity contribution in [3.05, 3.63) is 64.7 Å². The van der Waals surface area contributed by atoms with Crippen LogP contribution in [0.15, 0.2) is 47.4 Å². The van der Waals surface area contributed by atoms with Gasteiger partial charge in [0.1, 0.15) is 6.61 Å². The summed E-state index contributed by atoms with van der Waals surface area (Å²) in [5, 5.41) is 9.45. The SMILES string of the molecule is Cc1cccc(C)c1-c1cc(OC[C@H](N)CC2CCCCC2)nc(NSc2cccc(C(=O)O)c2C)n1. The number of ether oxygens (including phenoxy) is 1. The molecule has 1 atom stereocenters. The summed E-state index contributed by atoms with van der Waals surface area (Å²) in [7, 11) is 0. The zero-order valence-corrected chi connectivity index (χ0v) is 22.6. The van der Waals surface area contributed by atoms with Crippen LogP contribution in [0.2, 0.25) is 0 Å². The first-order valence-corrected chi connectivity index (χ1v) is 13.7. The second kappa shape index (κ2) is 12.4. The van der Waals surface area contributed by atoms with Gasteiger partial charge in [0.2, 0.25) is 11.8 Å². The minimum absolute atomic E-state index is 0.0473. The zero-order valence-electron chi connectivity index (χ0n) is 21.8. The Labute approximate surface area is 223 Å². The van der Waals surface area contributed by atoms with E-state index in [0.717, 1.165) is 33.7 Å². The highest BCUT2D eigenvalue weighted by Crippen LogP contribution is 2.31. The standard InChI is InChI=1S/C29H36N4O3S/c1-18-9-7-10-19(2)27(18)24-16-26(36-17-22(30)15-21-11-5-4-6-12-21)32-29(31-24)33-37-25-14-8-13-23(20(25)3)28(34)35/h7-10,13-14,16,21-22H,4-6,11-12,15,17,30H2,1-3H3,(H,34,35)(H,31,32,33)/t22-/m1/s1. The highest BCUT2D eigenvalue weighted by molar-refractivity contribution is 8.00. The lowest BCUT2D eigenvalue weighted by atomic mass is 9.85. The molecule has 1 heterocycles. The lowest BCUT2D eigenvalue weighted by Gasteiger charge is -2.24. The van der Waals surface area contributed by atoms with Crippen molar-refractivity contribution in [1.82, 2.24) is 9.97 Å². The molecular formula is C29H36N4O3S. The number of nitrogens with one attached hydrogen (secondary N) is 1. The van der Waals surface area contributed by atoms with Gasteiger partial charge in [0.05, 0.1) is 11.3 Å². The monoisotopic (exact) mass is 520 g/mol. The molecule has 0 aliphatic heterocycles. The number of aromatic carboxylic acids is 1. The van der Waals surface area contributed by atoms with Crippen LogP contribution in [0.1, 0.15) is 65.6 Å². The van der Waals surface area contributed by atoms with E-state index in [1.807, 2.05) is 18.2 Å². The van der Waals surface area contributed by atoms with Crippen LogP contribution in [0.3, 0.4) is 0 Å². The van der Waals surface area contributed by atoms with E-state index in [1.165, 1.54) is 44.1 Å². The number of hydrogen-bond donors (Lipinski definition) is 3. The smallest absolute Gasteiger partial charge is 0.335 e. The van der Waals surface area contributed by atoms with Crippen LogP contribution < -0.4 is 15.2 Å². The van der Waals surface area contributed by atoms with E-state index in [9.17, 15) is 9.90 Å². The largest absolute Gasteiger partial charge is 0.478 e. The van der Waals surface area contributed by atoms with Gasteiger partial charge < -0.3 is 15.6 Å². The minimum Gasteiger partial charge on any atom is -0.478 e. The fraction of sp³-hybridized carbons (Fsp3) is 0.414. The Kier molecular flexibility index (Phi) is 9.05. The van der Waals surface area contributed by atoms with Crippen molar-refractivity contribution >= 4 is 23.9 Å². The van der Waals surface area contributed by atoms with Crippen molar-refractivity contribution in [2.45, 2.75) is 70.2 Å². The summed E-state index contributed by atoms with van der Waals surface area (Å²) in [6.07, 6.45) is 7.40. The lowest BCUT2D eigenvalue weighted by Crippen LogP contribution is -2.31. The number of hydrogen-bond acceptors (Lipinski definition) is 7. The molecule has 7 nitrogen and oxygen atoms in total. The molecule has 8 heteroatoms. The van der Waals surface area contributed by atoms with Crippen LogP contribution >= 0.6 is 11.9 Å². The predicted molar refractivity (Wildman–Crippen MR) is 149 cm³/mol. The zero-order chi connectivity index (χ0) is 26.4. The molecule has 1 saturated carbocycles. The van der Waals surface area contributed by atoms with Gasteiger partial charge in [-0.1, -0.05) is 56.4 Å². The average Bonchev–Trinajstić information content (AvgIpc) is 2.87. The van der Waals surface area contributed by atoms with E-state index in [4.69, 9.17) is 15.5 Å². The first kappa shape index (κ1) is 26.9. The Balaban J connectivity index is 1.56. The van der Waals surface area contributed by atoms with Gasteiger partial charge >= 0.3 is 5.97 Å². The normalized spacial score (nSPS) is 14.8. The van der Waals surface area contributed by atoms with Crippen LogP contribution in [0.4, 0.5) is 5.95 Å². The van der Waals surface area contributed by atoms with E-state index in [1.54, 1.807) is 19.1 Å². The van der Waals surface area contributed by atoms with Crippen LogP contribution in [-0.4, -0.2) is 33.7 Å². The third-order valence-corrected chi connectivity index (χ3v) is 7.96. The van der Waals surface area contributed by atoms with Gasteiger partial charge in [0.25, 0.3) is 0 Å². The summed E-state index contributed by atoms with van der Waals surface area (Å²) in [5.41, 5.74) is 11.4. The topological polar surface area (TPSA) is 110 Å². The Hall–Kier alpha value is -3.10. The van der Waals surface area contributed by atoms with Gasteiger partial charge in [-0.15, -0.1) is 0 Å². The number of aromatic nitrogens is 2. The van der Waals surface area contributed by atoms with E-state index in [-0.39, 0.29) is 11.6 Å². The Morgan fingerprint density at radius 3 is 2.51 bits per heavy atom. The molecule has 1 aliphatic carbocycles. The second-order valence-corrected chi connectivity index (χ2v) is 10.8. The number of carbonyl (C=O) groups is 1. The molecule has 196 valence electrons. The summed E-state index contributed by atoms with van der Waals surface area (Å²) < 4.78 is 9.32. The first-order valence-electron chi connectivity index (χ1n) is 12.9. The van der Waals surface area contributed by atoms with E-state index < -0.39 is 5.97 Å².